The Labute approximate surface area is 228 Å². The number of nitrogens with zero attached hydrogens (tertiary/aromatic N) is 2. The van der Waals surface area contributed by atoms with Crippen LogP contribution in [-0.4, -0.2) is 79.2 Å². The Morgan fingerprint density at radius 3 is 2.54 bits per heavy atom. The van der Waals surface area contributed by atoms with Crippen molar-refractivity contribution in [1.29, 1.82) is 0 Å². The molecule has 1 aliphatic rings. The van der Waals surface area contributed by atoms with Crippen LogP contribution in [0.2, 0.25) is 0 Å². The smallest absolute Gasteiger partial charge is 0.325 e. The number of benzene rings is 2. The highest BCUT2D eigenvalue weighted by molar-refractivity contribution is 5.87. The van der Waals surface area contributed by atoms with Crippen LogP contribution < -0.4 is 14.8 Å². The molecular weight excluding hydrogens is 500 g/mol. The highest BCUT2D eigenvalue weighted by Gasteiger charge is 2.35. The highest BCUT2D eigenvalue weighted by atomic mass is 16.5. The summed E-state index contributed by atoms with van der Waals surface area (Å²) in [6.07, 6.45) is 4.26. The minimum Gasteiger partial charge on any atom is -0.493 e. The molecular formula is C29H36N4O6. The van der Waals surface area contributed by atoms with Gasteiger partial charge in [-0.05, 0) is 55.5 Å². The lowest BCUT2D eigenvalue weighted by molar-refractivity contribution is -0.141. The molecule has 0 radical (unpaired) electrons. The summed E-state index contributed by atoms with van der Waals surface area (Å²) < 4.78 is 15.7. The zero-order valence-electron chi connectivity index (χ0n) is 22.7. The van der Waals surface area contributed by atoms with Crippen molar-refractivity contribution in [2.75, 3.05) is 40.5 Å². The van der Waals surface area contributed by atoms with Gasteiger partial charge in [0.25, 0.3) is 0 Å². The first-order chi connectivity index (χ1) is 18.9. The van der Waals surface area contributed by atoms with E-state index in [1.165, 1.54) is 4.90 Å². The number of aromatic amines is 1. The number of H-pyrrole nitrogens is 1. The molecule has 1 heterocycles. The number of hydrogen-bond donors (Lipinski definition) is 2. The Morgan fingerprint density at radius 1 is 1.05 bits per heavy atom. The van der Waals surface area contributed by atoms with Crippen LogP contribution in [0.15, 0.2) is 48.7 Å². The van der Waals surface area contributed by atoms with Gasteiger partial charge in [-0.2, -0.15) is 0 Å². The number of nitrogens with one attached hydrogen (secondary N) is 2. The number of esters is 1. The van der Waals surface area contributed by atoms with Crippen LogP contribution in [0.4, 0.5) is 4.79 Å². The zero-order chi connectivity index (χ0) is 27.8. The molecule has 0 bridgehead atoms. The number of methoxy groups -OCH3 is 2. The lowest BCUT2D eigenvalue weighted by Crippen LogP contribution is -2.49. The van der Waals surface area contributed by atoms with Crippen LogP contribution in [0.5, 0.6) is 11.5 Å². The zero-order valence-corrected chi connectivity index (χ0v) is 22.7. The molecule has 1 aliphatic carbocycles. The number of rotatable bonds is 13. The molecule has 0 aliphatic heterocycles. The molecule has 1 saturated carbocycles. The summed E-state index contributed by atoms with van der Waals surface area (Å²) in [6.45, 7) is 2.42. The van der Waals surface area contributed by atoms with Crippen LogP contribution in [0.25, 0.3) is 10.9 Å². The molecule has 0 spiro atoms. The second kappa shape index (κ2) is 13.0. The van der Waals surface area contributed by atoms with E-state index >= 15 is 0 Å². The van der Waals surface area contributed by atoms with Crippen LogP contribution >= 0.6 is 0 Å². The number of amides is 3. The SMILES string of the molecule is CCOC(=O)CNC(=O)N(CC(=O)N(CCc1c[nH]c2ccccc12)Cc1ccc(OC)c(OC)c1)C1CC1. The summed E-state index contributed by atoms with van der Waals surface area (Å²) in [5, 5.41) is 3.71. The molecule has 3 amide bonds. The molecule has 10 heteroatoms. The van der Waals surface area contributed by atoms with Crippen LogP contribution in [0.3, 0.4) is 0 Å². The summed E-state index contributed by atoms with van der Waals surface area (Å²) in [6, 6.07) is 13.2. The lowest BCUT2D eigenvalue weighted by atomic mass is 10.1. The normalized spacial score (nSPS) is 12.6. The lowest BCUT2D eigenvalue weighted by Gasteiger charge is -2.28. The predicted molar refractivity (Wildman–Crippen MR) is 147 cm³/mol. The fourth-order valence-corrected chi connectivity index (χ4v) is 4.55. The number of carbonyl (C=O) groups is 3. The number of fused-ring (bicyclic) bond motifs is 1. The van der Waals surface area contributed by atoms with E-state index in [1.54, 1.807) is 26.0 Å². The maximum Gasteiger partial charge on any atom is 0.325 e. The van der Waals surface area contributed by atoms with Gasteiger partial charge in [0.05, 0.1) is 20.8 Å². The number of para-hydroxylation sites is 1. The average molecular weight is 537 g/mol. The van der Waals surface area contributed by atoms with Gasteiger partial charge < -0.3 is 34.3 Å². The molecule has 4 rings (SSSR count). The van der Waals surface area contributed by atoms with E-state index in [1.807, 2.05) is 42.6 Å². The Hall–Kier alpha value is -4.21. The van der Waals surface area contributed by atoms with Crippen molar-refractivity contribution >= 4 is 28.8 Å². The Morgan fingerprint density at radius 2 is 1.82 bits per heavy atom. The molecule has 3 aromatic rings. The monoisotopic (exact) mass is 536 g/mol. The van der Waals surface area contributed by atoms with Gasteiger partial charge in [0.2, 0.25) is 5.91 Å². The minimum atomic E-state index is -0.512. The number of hydrogen-bond acceptors (Lipinski definition) is 6. The molecule has 1 aromatic heterocycles. The third-order valence-electron chi connectivity index (χ3n) is 6.74. The maximum absolute atomic E-state index is 13.7. The molecule has 0 atom stereocenters. The van der Waals surface area contributed by atoms with E-state index in [-0.39, 0.29) is 31.6 Å². The number of ether oxygens (including phenoxy) is 3. The van der Waals surface area contributed by atoms with E-state index in [9.17, 15) is 14.4 Å². The van der Waals surface area contributed by atoms with Gasteiger partial charge in [0.1, 0.15) is 13.1 Å². The van der Waals surface area contributed by atoms with Crippen molar-refractivity contribution in [2.24, 2.45) is 0 Å². The summed E-state index contributed by atoms with van der Waals surface area (Å²) in [5.41, 5.74) is 3.04. The van der Waals surface area contributed by atoms with Crippen molar-refractivity contribution in [1.82, 2.24) is 20.1 Å². The van der Waals surface area contributed by atoms with E-state index in [2.05, 4.69) is 16.4 Å². The van der Waals surface area contributed by atoms with Crippen LogP contribution in [-0.2, 0) is 27.3 Å². The van der Waals surface area contributed by atoms with Crippen LogP contribution in [0.1, 0.15) is 30.9 Å². The van der Waals surface area contributed by atoms with Crippen molar-refractivity contribution in [2.45, 2.75) is 38.8 Å². The molecule has 2 N–H and O–H groups in total. The topological polar surface area (TPSA) is 113 Å². The first-order valence-corrected chi connectivity index (χ1v) is 13.2. The van der Waals surface area contributed by atoms with E-state index in [0.29, 0.717) is 31.0 Å². The van der Waals surface area contributed by atoms with Gasteiger partial charge in [-0.15, -0.1) is 0 Å². The first kappa shape index (κ1) is 27.8. The van der Waals surface area contributed by atoms with Gasteiger partial charge in [-0.25, -0.2) is 4.79 Å². The van der Waals surface area contributed by atoms with Crippen molar-refractivity contribution in [3.8, 4) is 11.5 Å². The molecule has 208 valence electrons. The van der Waals surface area contributed by atoms with Crippen molar-refractivity contribution in [3.63, 3.8) is 0 Å². The Kier molecular flexibility index (Phi) is 9.30. The first-order valence-electron chi connectivity index (χ1n) is 13.2. The molecule has 10 nitrogen and oxygen atoms in total. The minimum absolute atomic E-state index is 0.0207. The van der Waals surface area contributed by atoms with Gasteiger partial charge >= 0.3 is 12.0 Å². The molecule has 0 saturated heterocycles. The fraction of sp³-hybridized carbons (Fsp3) is 0.414. The van der Waals surface area contributed by atoms with Gasteiger partial charge in [0, 0.05) is 36.2 Å². The molecule has 2 aromatic carbocycles. The third kappa shape index (κ3) is 7.22. The van der Waals surface area contributed by atoms with Gasteiger partial charge in [-0.3, -0.25) is 9.59 Å². The van der Waals surface area contributed by atoms with Gasteiger partial charge in [0.15, 0.2) is 11.5 Å². The summed E-state index contributed by atoms with van der Waals surface area (Å²) in [4.78, 5) is 44.9. The highest BCUT2D eigenvalue weighted by Crippen LogP contribution is 2.29. The number of aromatic nitrogens is 1. The molecule has 0 unspecified atom stereocenters. The van der Waals surface area contributed by atoms with Gasteiger partial charge in [-0.1, -0.05) is 24.3 Å². The average Bonchev–Trinajstić information content (AvgIpc) is 3.71. The quantitative estimate of drug-likeness (QED) is 0.324. The van der Waals surface area contributed by atoms with Crippen molar-refractivity contribution < 1.29 is 28.6 Å². The molecule has 39 heavy (non-hydrogen) atoms. The number of urea groups is 1. The maximum atomic E-state index is 13.7. The summed E-state index contributed by atoms with van der Waals surface area (Å²) in [7, 11) is 3.15. The van der Waals surface area contributed by atoms with Crippen LogP contribution in [0, 0.1) is 0 Å². The Balaban J connectivity index is 1.50. The Bertz CT molecular complexity index is 1300. The summed E-state index contributed by atoms with van der Waals surface area (Å²) >= 11 is 0. The second-order valence-electron chi connectivity index (χ2n) is 9.44. The second-order valence-corrected chi connectivity index (χ2v) is 9.44. The third-order valence-corrected chi connectivity index (χ3v) is 6.74. The van der Waals surface area contributed by atoms with E-state index in [4.69, 9.17) is 14.2 Å². The number of carbonyl (C=O) groups excluding carboxylic acids is 3. The van der Waals surface area contributed by atoms with E-state index in [0.717, 1.165) is 34.9 Å². The predicted octanol–water partition coefficient (Wildman–Crippen LogP) is 3.49. The largest absolute Gasteiger partial charge is 0.493 e. The summed E-state index contributed by atoms with van der Waals surface area (Å²) in [5.74, 6) is 0.498. The van der Waals surface area contributed by atoms with E-state index < -0.39 is 12.0 Å². The fourth-order valence-electron chi connectivity index (χ4n) is 4.55. The molecule has 1 fully saturated rings. The standard InChI is InChI=1S/C29H36N4O6/c1-4-39-28(35)17-31-29(36)33(22-10-11-22)19-27(34)32(18-20-9-12-25(37-2)26(15-20)38-3)14-13-21-16-30-24-8-6-5-7-23(21)24/h5-9,12,15-16,22,30H,4,10-11,13-14,17-19H2,1-3H3,(H,31,36). The van der Waals surface area contributed by atoms with Crippen molar-refractivity contribution in [3.05, 3.63) is 59.8 Å².